The lowest BCUT2D eigenvalue weighted by molar-refractivity contribution is -0.134. The van der Waals surface area contributed by atoms with Crippen molar-refractivity contribution in [1.29, 1.82) is 0 Å². The number of hydrogen-bond acceptors (Lipinski definition) is 7. The number of methoxy groups -OCH3 is 2. The molecule has 3 rings (SSSR count). The van der Waals surface area contributed by atoms with E-state index < -0.39 is 18.4 Å². The first kappa shape index (κ1) is 24.5. The third kappa shape index (κ3) is 5.60. The van der Waals surface area contributed by atoms with Crippen LogP contribution in [0.4, 0.5) is 0 Å². The van der Waals surface area contributed by atoms with Crippen LogP contribution >= 0.6 is 58.8 Å². The normalized spacial score (nSPS) is 14.7. The topological polar surface area (TPSA) is 77.1 Å². The molecule has 0 spiro atoms. The van der Waals surface area contributed by atoms with Gasteiger partial charge in [0.15, 0.2) is 22.4 Å². The van der Waals surface area contributed by atoms with E-state index >= 15 is 0 Å². The van der Waals surface area contributed by atoms with E-state index in [4.69, 9.17) is 61.2 Å². The summed E-state index contributed by atoms with van der Waals surface area (Å²) < 4.78 is 16.0. The molecule has 1 saturated heterocycles. The van der Waals surface area contributed by atoms with Crippen molar-refractivity contribution in [1.82, 2.24) is 10.4 Å². The van der Waals surface area contributed by atoms with E-state index in [2.05, 4.69) is 5.43 Å². The Labute approximate surface area is 208 Å². The van der Waals surface area contributed by atoms with Gasteiger partial charge in [0.05, 0.1) is 34.2 Å². The zero-order valence-electron chi connectivity index (χ0n) is 16.6. The van der Waals surface area contributed by atoms with Crippen molar-refractivity contribution in [3.63, 3.8) is 0 Å². The van der Waals surface area contributed by atoms with Gasteiger partial charge >= 0.3 is 0 Å². The van der Waals surface area contributed by atoms with Crippen LogP contribution < -0.4 is 19.6 Å². The number of nitrogens with zero attached hydrogens (tertiary/aromatic N) is 1. The molecule has 1 aliphatic rings. The fourth-order valence-electron chi connectivity index (χ4n) is 2.57. The molecule has 168 valence electrons. The third-order valence-corrected chi connectivity index (χ3v) is 6.39. The molecule has 1 aliphatic heterocycles. The van der Waals surface area contributed by atoms with Gasteiger partial charge in [-0.2, -0.15) is 5.01 Å². The minimum Gasteiger partial charge on any atom is -0.493 e. The molecule has 2 aromatic rings. The number of benzene rings is 2. The van der Waals surface area contributed by atoms with Crippen molar-refractivity contribution in [3.05, 3.63) is 55.9 Å². The van der Waals surface area contributed by atoms with Gasteiger partial charge in [0.2, 0.25) is 0 Å². The van der Waals surface area contributed by atoms with E-state index in [1.807, 2.05) is 0 Å². The second kappa shape index (κ2) is 10.6. The first-order valence-electron chi connectivity index (χ1n) is 8.80. The molecule has 1 fully saturated rings. The first-order valence-corrected chi connectivity index (χ1v) is 11.2. The lowest BCUT2D eigenvalue weighted by Crippen LogP contribution is -2.46. The molecule has 1 heterocycles. The van der Waals surface area contributed by atoms with Gasteiger partial charge in [-0.05, 0) is 42.1 Å². The summed E-state index contributed by atoms with van der Waals surface area (Å²) in [5.74, 6) is 0.163. The summed E-state index contributed by atoms with van der Waals surface area (Å²) in [5, 5.41) is 1.65. The summed E-state index contributed by atoms with van der Waals surface area (Å²) in [6, 6.07) is 8.00. The minimum absolute atomic E-state index is 0.169. The van der Waals surface area contributed by atoms with Gasteiger partial charge in [-0.3, -0.25) is 15.0 Å². The number of carbonyl (C=O) groups excluding carboxylic acids is 2. The predicted octanol–water partition coefficient (Wildman–Crippen LogP) is 4.98. The molecule has 32 heavy (non-hydrogen) atoms. The standard InChI is InChI=1S/C20H15Cl3N2O5S2/c1-28-14-4-3-10(5-16(14)29-2)6-17-19(27)25(20(31)32-17)24-18(26)9-30-15-8-12(22)11(21)7-13(15)23/h3-8H,9H2,1-2H3,(H,24,26)/b17-6-. The van der Waals surface area contributed by atoms with E-state index in [-0.39, 0.29) is 25.1 Å². The van der Waals surface area contributed by atoms with Gasteiger partial charge in [-0.15, -0.1) is 0 Å². The van der Waals surface area contributed by atoms with Crippen LogP contribution in [0.2, 0.25) is 15.1 Å². The van der Waals surface area contributed by atoms with Crippen LogP contribution in [0.5, 0.6) is 17.2 Å². The fourth-order valence-corrected chi connectivity index (χ4v) is 4.34. The van der Waals surface area contributed by atoms with E-state index in [1.165, 1.54) is 26.4 Å². The Hall–Kier alpha value is -2.17. The van der Waals surface area contributed by atoms with Crippen LogP contribution in [0.1, 0.15) is 5.56 Å². The first-order chi connectivity index (χ1) is 15.2. The maximum Gasteiger partial charge on any atom is 0.285 e. The number of ether oxygens (including phenoxy) is 3. The molecule has 0 radical (unpaired) electrons. The molecule has 12 heteroatoms. The van der Waals surface area contributed by atoms with Crippen LogP contribution in [0.15, 0.2) is 35.2 Å². The summed E-state index contributed by atoms with van der Waals surface area (Å²) in [7, 11) is 3.05. The molecule has 0 unspecified atom stereocenters. The predicted molar refractivity (Wildman–Crippen MR) is 130 cm³/mol. The molecule has 7 nitrogen and oxygen atoms in total. The third-order valence-electron chi connectivity index (χ3n) is 4.07. The maximum absolute atomic E-state index is 12.7. The molecular weight excluding hydrogens is 519 g/mol. The van der Waals surface area contributed by atoms with E-state index in [1.54, 1.807) is 24.3 Å². The van der Waals surface area contributed by atoms with E-state index in [0.29, 0.717) is 22.0 Å². The number of hydrogen-bond donors (Lipinski definition) is 1. The van der Waals surface area contributed by atoms with Crippen molar-refractivity contribution in [3.8, 4) is 17.2 Å². The quantitative estimate of drug-likeness (QED) is 0.306. The number of carbonyl (C=O) groups is 2. The Morgan fingerprint density at radius 3 is 2.44 bits per heavy atom. The molecule has 2 aromatic carbocycles. The van der Waals surface area contributed by atoms with Crippen molar-refractivity contribution in [2.24, 2.45) is 0 Å². The number of nitrogens with one attached hydrogen (secondary N) is 1. The Bertz CT molecular complexity index is 1130. The number of rotatable bonds is 7. The van der Waals surface area contributed by atoms with Gasteiger partial charge < -0.3 is 14.2 Å². The Kier molecular flexibility index (Phi) is 8.13. The lowest BCUT2D eigenvalue weighted by Gasteiger charge is -2.16. The van der Waals surface area contributed by atoms with Gasteiger partial charge in [0, 0.05) is 6.07 Å². The summed E-state index contributed by atoms with van der Waals surface area (Å²) in [6.45, 7) is -0.427. The van der Waals surface area contributed by atoms with Gasteiger partial charge in [0.25, 0.3) is 11.8 Å². The number of amides is 2. The fraction of sp³-hybridized carbons (Fsp3) is 0.150. The lowest BCUT2D eigenvalue weighted by atomic mass is 10.2. The minimum atomic E-state index is -0.615. The zero-order chi connectivity index (χ0) is 23.4. The molecule has 0 aromatic heterocycles. The van der Waals surface area contributed by atoms with Crippen molar-refractivity contribution in [2.75, 3.05) is 20.8 Å². The second-order valence-electron chi connectivity index (χ2n) is 6.15. The summed E-state index contributed by atoms with van der Waals surface area (Å²) >= 11 is 24.1. The molecule has 1 N–H and O–H groups in total. The van der Waals surface area contributed by atoms with Crippen LogP contribution in [-0.4, -0.2) is 42.0 Å². The van der Waals surface area contributed by atoms with E-state index in [9.17, 15) is 9.59 Å². The number of thiocarbonyl (C=S) groups is 1. The highest BCUT2D eigenvalue weighted by atomic mass is 35.5. The monoisotopic (exact) mass is 532 g/mol. The summed E-state index contributed by atoms with van der Waals surface area (Å²) in [5.41, 5.74) is 3.12. The summed E-state index contributed by atoms with van der Waals surface area (Å²) in [4.78, 5) is 25.4. The molecule has 0 atom stereocenters. The SMILES string of the molecule is COc1ccc(/C=C2\SC(=S)N(NC(=O)COc3cc(Cl)c(Cl)cc3Cl)C2=O)cc1OC. The van der Waals surface area contributed by atoms with Crippen LogP contribution in [0.3, 0.4) is 0 Å². The number of thioether (sulfide) groups is 1. The van der Waals surface area contributed by atoms with Crippen LogP contribution in [0.25, 0.3) is 6.08 Å². The highest BCUT2D eigenvalue weighted by Crippen LogP contribution is 2.35. The molecular formula is C20H15Cl3N2O5S2. The van der Waals surface area contributed by atoms with Crippen LogP contribution in [0, 0.1) is 0 Å². The van der Waals surface area contributed by atoms with Crippen molar-refractivity contribution in [2.45, 2.75) is 0 Å². The molecule has 0 bridgehead atoms. The maximum atomic E-state index is 12.7. The largest absolute Gasteiger partial charge is 0.493 e. The van der Waals surface area contributed by atoms with Gasteiger partial charge in [0.1, 0.15) is 5.75 Å². The van der Waals surface area contributed by atoms with E-state index in [0.717, 1.165) is 16.8 Å². The number of hydrazine groups is 1. The highest BCUT2D eigenvalue weighted by molar-refractivity contribution is 8.26. The summed E-state index contributed by atoms with van der Waals surface area (Å²) in [6.07, 6.45) is 1.64. The van der Waals surface area contributed by atoms with Crippen molar-refractivity contribution >= 4 is 81.0 Å². The average molecular weight is 534 g/mol. The Balaban J connectivity index is 1.66. The Morgan fingerprint density at radius 1 is 1.06 bits per heavy atom. The average Bonchev–Trinajstić information content (AvgIpc) is 3.02. The smallest absolute Gasteiger partial charge is 0.285 e. The van der Waals surface area contributed by atoms with Gasteiger partial charge in [-0.1, -0.05) is 52.6 Å². The molecule has 2 amide bonds. The molecule has 0 aliphatic carbocycles. The zero-order valence-corrected chi connectivity index (χ0v) is 20.5. The van der Waals surface area contributed by atoms with Crippen LogP contribution in [-0.2, 0) is 9.59 Å². The second-order valence-corrected chi connectivity index (χ2v) is 9.05. The van der Waals surface area contributed by atoms with Gasteiger partial charge in [-0.25, -0.2) is 0 Å². The number of halogens is 3. The van der Waals surface area contributed by atoms with Crippen molar-refractivity contribution < 1.29 is 23.8 Å². The molecule has 0 saturated carbocycles. The highest BCUT2D eigenvalue weighted by Gasteiger charge is 2.33. The Morgan fingerprint density at radius 2 is 1.75 bits per heavy atom.